The zero-order valence-corrected chi connectivity index (χ0v) is 16.0. The van der Waals surface area contributed by atoms with Crippen molar-refractivity contribution in [3.63, 3.8) is 0 Å². The molecule has 1 aromatic carbocycles. The Morgan fingerprint density at radius 1 is 1.23 bits per heavy atom. The van der Waals surface area contributed by atoms with E-state index < -0.39 is 16.0 Å². The number of nitrogens with zero attached hydrogens (tertiary/aromatic N) is 2. The number of rotatable bonds is 6. The molecule has 1 fully saturated rings. The van der Waals surface area contributed by atoms with Gasteiger partial charge < -0.3 is 9.64 Å². The molecule has 1 aliphatic rings. The Kier molecular flexibility index (Phi) is 6.74. The number of ether oxygens (including phenoxy) is 1. The molecule has 0 unspecified atom stereocenters. The fourth-order valence-electron chi connectivity index (χ4n) is 2.77. The molecule has 0 saturated carbocycles. The van der Waals surface area contributed by atoms with Crippen LogP contribution in [0.1, 0.15) is 36.5 Å². The van der Waals surface area contributed by atoms with Crippen molar-refractivity contribution < 1.29 is 27.6 Å². The minimum atomic E-state index is -3.78. The standard InChI is InChI=1S/C17H24N2O6S/c1-13-6-4-5-11-19(13)16(20)12-25-17(21)14-7-9-15(10-8-14)26(22,23)18(2)24-3/h7-10,13H,4-6,11-12H2,1-3H3/t13-/m1/s1. The van der Waals surface area contributed by atoms with Crippen LogP contribution in [0.2, 0.25) is 0 Å². The van der Waals surface area contributed by atoms with Gasteiger partial charge in [-0.1, -0.05) is 4.47 Å². The first-order valence-corrected chi connectivity index (χ1v) is 9.81. The zero-order chi connectivity index (χ0) is 19.3. The molecule has 1 atom stereocenters. The van der Waals surface area contributed by atoms with E-state index in [0.717, 1.165) is 23.7 Å². The third-order valence-electron chi connectivity index (χ3n) is 4.43. The first-order chi connectivity index (χ1) is 12.3. The van der Waals surface area contributed by atoms with Crippen LogP contribution in [0.25, 0.3) is 0 Å². The van der Waals surface area contributed by atoms with E-state index in [1.807, 2.05) is 6.92 Å². The van der Waals surface area contributed by atoms with E-state index in [-0.39, 0.29) is 29.0 Å². The molecule has 26 heavy (non-hydrogen) atoms. The summed E-state index contributed by atoms with van der Waals surface area (Å²) in [6.07, 6.45) is 3.00. The second kappa shape index (κ2) is 8.61. The molecule has 2 rings (SSSR count). The number of carbonyl (C=O) groups is 2. The average Bonchev–Trinajstić information content (AvgIpc) is 2.65. The van der Waals surface area contributed by atoms with E-state index in [9.17, 15) is 18.0 Å². The van der Waals surface area contributed by atoms with Gasteiger partial charge in [-0.15, -0.1) is 0 Å². The Morgan fingerprint density at radius 3 is 2.46 bits per heavy atom. The summed E-state index contributed by atoms with van der Waals surface area (Å²) in [6, 6.07) is 5.41. The van der Waals surface area contributed by atoms with Crippen molar-refractivity contribution in [3.05, 3.63) is 29.8 Å². The van der Waals surface area contributed by atoms with Crippen molar-refractivity contribution in [1.82, 2.24) is 9.37 Å². The predicted octanol–water partition coefficient (Wildman–Crippen LogP) is 1.43. The summed E-state index contributed by atoms with van der Waals surface area (Å²) >= 11 is 0. The van der Waals surface area contributed by atoms with E-state index in [2.05, 4.69) is 4.84 Å². The lowest BCUT2D eigenvalue weighted by Gasteiger charge is -2.33. The predicted molar refractivity (Wildman–Crippen MR) is 93.7 cm³/mol. The van der Waals surface area contributed by atoms with Crippen molar-refractivity contribution in [2.45, 2.75) is 37.1 Å². The lowest BCUT2D eigenvalue weighted by molar-refractivity contribution is -0.137. The maximum Gasteiger partial charge on any atom is 0.338 e. The second-order valence-electron chi connectivity index (χ2n) is 6.13. The summed E-state index contributed by atoms with van der Waals surface area (Å²) in [4.78, 5) is 30.7. The summed E-state index contributed by atoms with van der Waals surface area (Å²) in [5, 5.41) is 0. The Balaban J connectivity index is 1.97. The number of benzene rings is 1. The van der Waals surface area contributed by atoms with Crippen molar-refractivity contribution in [2.24, 2.45) is 0 Å². The minimum Gasteiger partial charge on any atom is -0.452 e. The largest absolute Gasteiger partial charge is 0.452 e. The molecular weight excluding hydrogens is 360 g/mol. The van der Waals surface area contributed by atoms with Gasteiger partial charge in [-0.25, -0.2) is 13.2 Å². The zero-order valence-electron chi connectivity index (χ0n) is 15.2. The van der Waals surface area contributed by atoms with Gasteiger partial charge in [0.05, 0.1) is 17.6 Å². The molecule has 0 spiro atoms. The van der Waals surface area contributed by atoms with Crippen LogP contribution < -0.4 is 0 Å². The number of hydrogen-bond donors (Lipinski definition) is 0. The first-order valence-electron chi connectivity index (χ1n) is 8.37. The van der Waals surface area contributed by atoms with Crippen LogP contribution in [0.5, 0.6) is 0 Å². The van der Waals surface area contributed by atoms with Crippen molar-refractivity contribution in [1.29, 1.82) is 0 Å². The van der Waals surface area contributed by atoms with Crippen molar-refractivity contribution in [2.75, 3.05) is 27.3 Å². The summed E-state index contributed by atoms with van der Waals surface area (Å²) in [7, 11) is -1.27. The number of carbonyl (C=O) groups excluding carboxylic acids is 2. The molecule has 9 heteroatoms. The maximum atomic E-state index is 12.2. The maximum absolute atomic E-state index is 12.2. The lowest BCUT2D eigenvalue weighted by atomic mass is 10.0. The normalized spacial score (nSPS) is 18.0. The van der Waals surface area contributed by atoms with Crippen LogP contribution in [0.3, 0.4) is 0 Å². The average molecular weight is 384 g/mol. The van der Waals surface area contributed by atoms with E-state index in [1.54, 1.807) is 4.90 Å². The highest BCUT2D eigenvalue weighted by atomic mass is 32.2. The number of hydrogen-bond acceptors (Lipinski definition) is 6. The fraction of sp³-hybridized carbons (Fsp3) is 0.529. The quantitative estimate of drug-likeness (QED) is 0.544. The Labute approximate surface area is 153 Å². The highest BCUT2D eigenvalue weighted by Crippen LogP contribution is 2.17. The number of esters is 1. The number of hydroxylamine groups is 1. The summed E-state index contributed by atoms with van der Waals surface area (Å²) < 4.78 is 30.0. The molecule has 0 aromatic heterocycles. The molecule has 1 aliphatic heterocycles. The van der Waals surface area contributed by atoms with Gasteiger partial charge in [0.2, 0.25) is 0 Å². The van der Waals surface area contributed by atoms with Crippen molar-refractivity contribution >= 4 is 21.9 Å². The van der Waals surface area contributed by atoms with Gasteiger partial charge in [0.1, 0.15) is 0 Å². The van der Waals surface area contributed by atoms with Gasteiger partial charge in [0.15, 0.2) is 6.61 Å². The smallest absolute Gasteiger partial charge is 0.338 e. The molecule has 1 heterocycles. The molecule has 0 bridgehead atoms. The van der Waals surface area contributed by atoms with E-state index in [4.69, 9.17) is 4.74 Å². The lowest BCUT2D eigenvalue weighted by Crippen LogP contribution is -2.44. The van der Waals surface area contributed by atoms with E-state index in [1.165, 1.54) is 38.4 Å². The minimum absolute atomic E-state index is 0.0170. The Morgan fingerprint density at radius 2 is 1.88 bits per heavy atom. The summed E-state index contributed by atoms with van der Waals surface area (Å²) in [5.41, 5.74) is 0.170. The van der Waals surface area contributed by atoms with Crippen LogP contribution in [0.4, 0.5) is 0 Å². The van der Waals surface area contributed by atoms with Gasteiger partial charge in [-0.05, 0) is 50.5 Å². The molecule has 8 nitrogen and oxygen atoms in total. The van der Waals surface area contributed by atoms with E-state index >= 15 is 0 Å². The van der Waals surface area contributed by atoms with Crippen molar-refractivity contribution in [3.8, 4) is 0 Å². The van der Waals surface area contributed by atoms with Crippen LogP contribution in [0, 0.1) is 0 Å². The number of piperidine rings is 1. The molecule has 1 aromatic rings. The van der Waals surface area contributed by atoms with Crippen LogP contribution in [0.15, 0.2) is 29.2 Å². The Hall–Kier alpha value is -1.97. The molecule has 0 radical (unpaired) electrons. The molecule has 0 N–H and O–H groups in total. The third-order valence-corrected chi connectivity index (χ3v) is 6.13. The van der Waals surface area contributed by atoms with Gasteiger partial charge in [-0.2, -0.15) is 0 Å². The molecule has 1 amide bonds. The number of amides is 1. The second-order valence-corrected chi connectivity index (χ2v) is 8.07. The highest BCUT2D eigenvalue weighted by Gasteiger charge is 2.24. The highest BCUT2D eigenvalue weighted by molar-refractivity contribution is 7.89. The molecular formula is C17H24N2O6S. The topological polar surface area (TPSA) is 93.2 Å². The van der Waals surface area contributed by atoms with E-state index in [0.29, 0.717) is 6.54 Å². The van der Waals surface area contributed by atoms with Crippen LogP contribution in [-0.2, 0) is 24.4 Å². The summed E-state index contributed by atoms with van der Waals surface area (Å²) in [6.45, 7) is 2.34. The number of sulfonamides is 1. The number of likely N-dealkylation sites (tertiary alicyclic amines) is 1. The summed E-state index contributed by atoms with van der Waals surface area (Å²) in [5.74, 6) is -0.890. The third kappa shape index (κ3) is 4.60. The monoisotopic (exact) mass is 384 g/mol. The molecule has 0 aliphatic carbocycles. The molecule has 1 saturated heterocycles. The van der Waals surface area contributed by atoms with Crippen LogP contribution in [-0.4, -0.2) is 63.0 Å². The molecule has 144 valence electrons. The van der Waals surface area contributed by atoms with Gasteiger partial charge in [0.25, 0.3) is 15.9 Å². The van der Waals surface area contributed by atoms with Crippen LogP contribution >= 0.6 is 0 Å². The van der Waals surface area contributed by atoms with Gasteiger partial charge in [0, 0.05) is 19.6 Å². The Bertz CT molecular complexity index is 747. The first kappa shape index (κ1) is 20.3. The van der Waals surface area contributed by atoms with Gasteiger partial charge in [-0.3, -0.25) is 9.63 Å². The SMILES string of the molecule is CON(C)S(=O)(=O)c1ccc(C(=O)OCC(=O)N2CCCC[C@H]2C)cc1. The fourth-order valence-corrected chi connectivity index (χ4v) is 3.74. The van der Waals surface area contributed by atoms with Gasteiger partial charge >= 0.3 is 5.97 Å².